The first-order valence-corrected chi connectivity index (χ1v) is 6.80. The van der Waals surface area contributed by atoms with Gasteiger partial charge in [-0.25, -0.2) is 4.79 Å². The number of esters is 1. The SMILES string of the molecule is C[C@@H](CC(=N)C(=O)OC(C)(C)C)Oc1ccc([N+](=O)[O-])cc1. The number of carbonyl (C=O) groups is 1. The van der Waals surface area contributed by atoms with Crippen LogP contribution < -0.4 is 4.74 Å². The summed E-state index contributed by atoms with van der Waals surface area (Å²) in [4.78, 5) is 21.7. The van der Waals surface area contributed by atoms with E-state index >= 15 is 0 Å². The Balaban J connectivity index is 2.55. The van der Waals surface area contributed by atoms with Crippen LogP contribution in [0.25, 0.3) is 0 Å². The highest BCUT2D eigenvalue weighted by Gasteiger charge is 2.22. The molecule has 1 rings (SSSR count). The van der Waals surface area contributed by atoms with E-state index in [1.165, 1.54) is 24.3 Å². The monoisotopic (exact) mass is 308 g/mol. The van der Waals surface area contributed by atoms with E-state index in [1.807, 2.05) is 0 Å². The van der Waals surface area contributed by atoms with Gasteiger partial charge in [-0.05, 0) is 39.8 Å². The average molecular weight is 308 g/mol. The molecule has 22 heavy (non-hydrogen) atoms. The Bertz CT molecular complexity index is 560. The van der Waals surface area contributed by atoms with Crippen LogP contribution >= 0.6 is 0 Å². The van der Waals surface area contributed by atoms with Crippen molar-refractivity contribution in [3.05, 3.63) is 34.4 Å². The minimum absolute atomic E-state index is 0.0264. The van der Waals surface area contributed by atoms with Gasteiger partial charge in [0.25, 0.3) is 5.69 Å². The molecule has 0 heterocycles. The first-order chi connectivity index (χ1) is 10.1. The fourth-order valence-electron chi connectivity index (χ4n) is 1.63. The van der Waals surface area contributed by atoms with Crippen LogP contribution in [0.1, 0.15) is 34.1 Å². The molecule has 0 aliphatic carbocycles. The van der Waals surface area contributed by atoms with Crippen LogP contribution in [0.15, 0.2) is 24.3 Å². The smallest absolute Gasteiger partial charge is 0.352 e. The summed E-state index contributed by atoms with van der Waals surface area (Å²) < 4.78 is 10.6. The summed E-state index contributed by atoms with van der Waals surface area (Å²) >= 11 is 0. The largest absolute Gasteiger partial charge is 0.490 e. The van der Waals surface area contributed by atoms with Crippen molar-refractivity contribution in [3.63, 3.8) is 0 Å². The second-order valence-electron chi connectivity index (χ2n) is 5.86. The Kier molecular flexibility index (Phi) is 5.62. The van der Waals surface area contributed by atoms with Crippen LogP contribution in [-0.4, -0.2) is 28.3 Å². The lowest BCUT2D eigenvalue weighted by atomic mass is 10.1. The number of nitro groups is 1. The maximum Gasteiger partial charge on any atom is 0.352 e. The lowest BCUT2D eigenvalue weighted by molar-refractivity contribution is -0.384. The number of nitrogens with one attached hydrogen (secondary N) is 1. The van der Waals surface area contributed by atoms with Crippen LogP contribution in [-0.2, 0) is 9.53 Å². The van der Waals surface area contributed by atoms with Crippen molar-refractivity contribution >= 4 is 17.4 Å². The van der Waals surface area contributed by atoms with Crippen molar-refractivity contribution in [2.24, 2.45) is 0 Å². The minimum Gasteiger partial charge on any atom is -0.490 e. The van der Waals surface area contributed by atoms with Crippen LogP contribution in [0.5, 0.6) is 5.75 Å². The van der Waals surface area contributed by atoms with E-state index in [2.05, 4.69) is 0 Å². The molecule has 0 unspecified atom stereocenters. The van der Waals surface area contributed by atoms with Gasteiger partial charge in [-0.3, -0.25) is 15.5 Å². The summed E-state index contributed by atoms with van der Waals surface area (Å²) in [6.07, 6.45) is -0.340. The predicted octanol–water partition coefficient (Wildman–Crippen LogP) is 3.11. The molecule has 0 saturated carbocycles. The molecule has 0 aliphatic heterocycles. The number of carbonyl (C=O) groups excluding carboxylic acids is 1. The summed E-state index contributed by atoms with van der Waals surface area (Å²) in [6.45, 7) is 6.90. The van der Waals surface area contributed by atoms with Gasteiger partial charge in [-0.2, -0.15) is 0 Å². The molecule has 1 aromatic rings. The van der Waals surface area contributed by atoms with E-state index in [0.717, 1.165) is 0 Å². The van der Waals surface area contributed by atoms with Crippen molar-refractivity contribution in [2.45, 2.75) is 45.8 Å². The normalized spacial score (nSPS) is 12.4. The molecule has 7 nitrogen and oxygen atoms in total. The molecule has 0 saturated heterocycles. The summed E-state index contributed by atoms with van der Waals surface area (Å²) in [5.41, 5.74) is -0.850. The van der Waals surface area contributed by atoms with Crippen LogP contribution in [0, 0.1) is 15.5 Å². The summed E-state index contributed by atoms with van der Waals surface area (Å²) in [5, 5.41) is 18.3. The molecular weight excluding hydrogens is 288 g/mol. The third-order valence-electron chi connectivity index (χ3n) is 2.52. The second kappa shape index (κ2) is 7.02. The Morgan fingerprint density at radius 3 is 2.32 bits per heavy atom. The van der Waals surface area contributed by atoms with Gasteiger partial charge < -0.3 is 9.47 Å². The van der Waals surface area contributed by atoms with Gasteiger partial charge in [0.1, 0.15) is 23.2 Å². The molecule has 7 heteroatoms. The van der Waals surface area contributed by atoms with E-state index in [9.17, 15) is 14.9 Å². The molecule has 0 radical (unpaired) electrons. The fourth-order valence-corrected chi connectivity index (χ4v) is 1.63. The Hall–Kier alpha value is -2.44. The molecule has 1 aromatic carbocycles. The van der Waals surface area contributed by atoms with E-state index < -0.39 is 22.6 Å². The number of ether oxygens (including phenoxy) is 2. The predicted molar refractivity (Wildman–Crippen MR) is 81.4 cm³/mol. The maximum absolute atomic E-state index is 11.7. The topological polar surface area (TPSA) is 103 Å². The number of hydrogen-bond acceptors (Lipinski definition) is 6. The molecule has 0 fully saturated rings. The van der Waals surface area contributed by atoms with E-state index in [-0.39, 0.29) is 17.8 Å². The third-order valence-corrected chi connectivity index (χ3v) is 2.52. The third kappa shape index (κ3) is 5.90. The highest BCUT2D eigenvalue weighted by Crippen LogP contribution is 2.19. The summed E-state index contributed by atoms with van der Waals surface area (Å²) in [5.74, 6) is -0.235. The van der Waals surface area contributed by atoms with E-state index in [4.69, 9.17) is 14.9 Å². The van der Waals surface area contributed by atoms with Crippen molar-refractivity contribution in [1.82, 2.24) is 0 Å². The van der Waals surface area contributed by atoms with Crippen LogP contribution in [0.4, 0.5) is 5.69 Å². The van der Waals surface area contributed by atoms with Gasteiger partial charge in [0.2, 0.25) is 0 Å². The number of non-ortho nitro benzene ring substituents is 1. The minimum atomic E-state index is -0.674. The number of nitrogens with zero attached hydrogens (tertiary/aromatic N) is 1. The highest BCUT2D eigenvalue weighted by molar-refractivity contribution is 6.35. The molecule has 0 amide bonds. The molecule has 120 valence electrons. The van der Waals surface area contributed by atoms with Crippen LogP contribution in [0.3, 0.4) is 0 Å². The molecule has 0 bridgehead atoms. The maximum atomic E-state index is 11.7. The zero-order valence-corrected chi connectivity index (χ0v) is 13.1. The second-order valence-corrected chi connectivity index (χ2v) is 5.86. The number of rotatable bonds is 6. The number of hydrogen-bond donors (Lipinski definition) is 1. The molecular formula is C15H20N2O5. The summed E-state index contributed by atoms with van der Waals surface area (Å²) in [7, 11) is 0. The zero-order chi connectivity index (χ0) is 16.9. The molecule has 0 aliphatic rings. The van der Waals surface area contributed by atoms with Crippen LogP contribution in [0.2, 0.25) is 0 Å². The van der Waals surface area contributed by atoms with Crippen molar-refractivity contribution in [1.29, 1.82) is 5.41 Å². The number of benzene rings is 1. The lowest BCUT2D eigenvalue weighted by Gasteiger charge is -2.21. The fraction of sp³-hybridized carbons (Fsp3) is 0.467. The molecule has 1 N–H and O–H groups in total. The van der Waals surface area contributed by atoms with Gasteiger partial charge in [0.15, 0.2) is 0 Å². The van der Waals surface area contributed by atoms with Gasteiger partial charge >= 0.3 is 5.97 Å². The lowest BCUT2D eigenvalue weighted by Crippen LogP contribution is -2.31. The Morgan fingerprint density at radius 1 is 1.32 bits per heavy atom. The van der Waals surface area contributed by atoms with Crippen molar-refractivity contribution < 1.29 is 19.2 Å². The van der Waals surface area contributed by atoms with Gasteiger partial charge in [0.05, 0.1) is 4.92 Å². The quantitative estimate of drug-likeness (QED) is 0.376. The van der Waals surface area contributed by atoms with Gasteiger partial charge in [-0.1, -0.05) is 0 Å². The Morgan fingerprint density at radius 2 is 1.86 bits per heavy atom. The van der Waals surface area contributed by atoms with E-state index in [1.54, 1.807) is 27.7 Å². The first-order valence-electron chi connectivity index (χ1n) is 6.80. The highest BCUT2D eigenvalue weighted by atomic mass is 16.6. The van der Waals surface area contributed by atoms with E-state index in [0.29, 0.717) is 5.75 Å². The first kappa shape index (κ1) is 17.6. The average Bonchev–Trinajstić information content (AvgIpc) is 2.37. The standard InChI is InChI=1S/C15H20N2O5/c1-10(9-13(16)14(18)22-15(2,3)4)21-12-7-5-11(6-8-12)17(19)20/h5-8,10,16H,9H2,1-4H3/t10-/m0/s1. The Labute approximate surface area is 128 Å². The number of nitro benzene ring substituents is 1. The zero-order valence-electron chi connectivity index (χ0n) is 13.1. The molecule has 0 aromatic heterocycles. The molecule has 1 atom stereocenters. The molecule has 0 spiro atoms. The summed E-state index contributed by atoms with van der Waals surface area (Å²) in [6, 6.07) is 5.62. The van der Waals surface area contributed by atoms with Gasteiger partial charge in [0, 0.05) is 18.6 Å². The van der Waals surface area contributed by atoms with Gasteiger partial charge in [-0.15, -0.1) is 0 Å². The van der Waals surface area contributed by atoms with Crippen molar-refractivity contribution in [2.75, 3.05) is 0 Å². The van der Waals surface area contributed by atoms with Crippen molar-refractivity contribution in [3.8, 4) is 5.75 Å².